The van der Waals surface area contributed by atoms with Crippen molar-refractivity contribution in [2.24, 2.45) is 5.41 Å². The summed E-state index contributed by atoms with van der Waals surface area (Å²) < 4.78 is 11.2. The lowest BCUT2D eigenvalue weighted by atomic mass is 9.68. The number of carbonyl (C=O) groups is 2. The summed E-state index contributed by atoms with van der Waals surface area (Å²) >= 11 is 0. The summed E-state index contributed by atoms with van der Waals surface area (Å²) in [7, 11) is 0. The van der Waals surface area contributed by atoms with E-state index >= 15 is 0 Å². The first-order valence-corrected chi connectivity index (χ1v) is 11.8. The first kappa shape index (κ1) is 22.2. The molecule has 0 spiro atoms. The Morgan fingerprint density at radius 3 is 2.62 bits per heavy atom. The number of ether oxygens (including phenoxy) is 2. The van der Waals surface area contributed by atoms with Crippen LogP contribution in [0.1, 0.15) is 57.6 Å². The van der Waals surface area contributed by atoms with E-state index in [2.05, 4.69) is 43.4 Å². The van der Waals surface area contributed by atoms with Crippen molar-refractivity contribution in [2.45, 2.75) is 46.5 Å². The molecule has 0 saturated carbocycles. The molecule has 174 valence electrons. The molecule has 5 nitrogen and oxygen atoms in total. The van der Waals surface area contributed by atoms with Crippen LogP contribution in [0.25, 0.3) is 10.8 Å². The van der Waals surface area contributed by atoms with Gasteiger partial charge in [-0.2, -0.15) is 0 Å². The number of allylic oxidation sites excluding steroid dienone is 2. The first-order chi connectivity index (χ1) is 16.3. The van der Waals surface area contributed by atoms with Gasteiger partial charge in [0.2, 0.25) is 0 Å². The van der Waals surface area contributed by atoms with Crippen LogP contribution in [-0.2, 0) is 9.59 Å². The molecule has 1 atom stereocenters. The summed E-state index contributed by atoms with van der Waals surface area (Å²) in [6.07, 6.45) is 1.31. The van der Waals surface area contributed by atoms with E-state index in [0.717, 1.165) is 45.3 Å². The Balaban J connectivity index is 1.76. The van der Waals surface area contributed by atoms with Crippen LogP contribution >= 0.6 is 0 Å². The van der Waals surface area contributed by atoms with Crippen molar-refractivity contribution in [2.75, 3.05) is 11.9 Å². The highest BCUT2D eigenvalue weighted by molar-refractivity contribution is 6.04. The maximum atomic E-state index is 13.6. The number of hydrogen-bond donors (Lipinski definition) is 1. The molecule has 1 aliphatic carbocycles. The normalized spacial score (nSPS) is 18.7. The second-order valence-electron chi connectivity index (χ2n) is 9.87. The van der Waals surface area contributed by atoms with Gasteiger partial charge in [0, 0.05) is 36.2 Å². The van der Waals surface area contributed by atoms with Gasteiger partial charge in [0.25, 0.3) is 0 Å². The van der Waals surface area contributed by atoms with Gasteiger partial charge in [-0.25, -0.2) is 0 Å². The Kier molecular flexibility index (Phi) is 5.43. The van der Waals surface area contributed by atoms with Crippen LogP contribution in [0.15, 0.2) is 65.9 Å². The highest BCUT2D eigenvalue weighted by atomic mass is 16.6. The Morgan fingerprint density at radius 1 is 1.06 bits per heavy atom. The summed E-state index contributed by atoms with van der Waals surface area (Å²) in [5.41, 5.74) is 4.78. The molecule has 2 aliphatic rings. The maximum Gasteiger partial charge on any atom is 0.308 e. The van der Waals surface area contributed by atoms with Crippen LogP contribution < -0.4 is 14.8 Å². The van der Waals surface area contributed by atoms with Gasteiger partial charge in [0.05, 0.1) is 6.61 Å². The molecule has 3 aromatic rings. The van der Waals surface area contributed by atoms with Gasteiger partial charge in [-0.3, -0.25) is 9.59 Å². The maximum absolute atomic E-state index is 13.6. The van der Waals surface area contributed by atoms with E-state index < -0.39 is 5.97 Å². The number of anilines is 1. The van der Waals surface area contributed by atoms with Crippen molar-refractivity contribution in [1.29, 1.82) is 0 Å². The van der Waals surface area contributed by atoms with Crippen molar-refractivity contribution >= 4 is 28.2 Å². The molecule has 0 amide bonds. The van der Waals surface area contributed by atoms with Gasteiger partial charge in [0.1, 0.15) is 0 Å². The van der Waals surface area contributed by atoms with Crippen LogP contribution in [0, 0.1) is 5.41 Å². The lowest BCUT2D eigenvalue weighted by Gasteiger charge is -2.40. The fourth-order valence-corrected chi connectivity index (χ4v) is 5.35. The standard InChI is InChI=1S/C29H29NO4/c1-5-33-25-14-19(11-13-24(25)34-17(2)31)26-27-20-9-7-6-8-18(20)10-12-21(27)30-22-15-29(3,4)16-23(32)28(22)26/h6-14,26,30H,5,15-16H2,1-4H3. The van der Waals surface area contributed by atoms with Gasteiger partial charge in [-0.05, 0) is 58.9 Å². The molecule has 0 bridgehead atoms. The molecule has 5 heteroatoms. The van der Waals surface area contributed by atoms with Gasteiger partial charge < -0.3 is 14.8 Å². The average molecular weight is 456 g/mol. The van der Waals surface area contributed by atoms with Crippen molar-refractivity contribution < 1.29 is 19.1 Å². The van der Waals surface area contributed by atoms with Crippen LogP contribution in [0.3, 0.4) is 0 Å². The lowest BCUT2D eigenvalue weighted by molar-refractivity contribution is -0.132. The van der Waals surface area contributed by atoms with Crippen LogP contribution in [0.5, 0.6) is 11.5 Å². The zero-order valence-corrected chi connectivity index (χ0v) is 20.0. The Hall–Kier alpha value is -3.60. The first-order valence-electron chi connectivity index (χ1n) is 11.8. The predicted octanol–water partition coefficient (Wildman–Crippen LogP) is 6.36. The van der Waals surface area contributed by atoms with E-state index in [-0.39, 0.29) is 17.1 Å². The minimum atomic E-state index is -0.401. The second-order valence-corrected chi connectivity index (χ2v) is 9.87. The van der Waals surface area contributed by atoms with Crippen molar-refractivity contribution in [3.8, 4) is 11.5 Å². The van der Waals surface area contributed by atoms with E-state index in [1.165, 1.54) is 6.92 Å². The van der Waals surface area contributed by atoms with Crippen molar-refractivity contribution in [3.05, 3.63) is 77.0 Å². The highest BCUT2D eigenvalue weighted by Crippen LogP contribution is 2.51. The number of fused-ring (bicyclic) bond motifs is 3. The van der Waals surface area contributed by atoms with Crippen molar-refractivity contribution in [3.63, 3.8) is 0 Å². The SMILES string of the molecule is CCOc1cc(C2C3=C(CC(C)(C)CC3=O)Nc3ccc4ccccc4c32)ccc1OC(C)=O. The number of carbonyl (C=O) groups excluding carboxylic acids is 2. The van der Waals surface area contributed by atoms with Crippen LogP contribution in [0.4, 0.5) is 5.69 Å². The van der Waals surface area contributed by atoms with Crippen molar-refractivity contribution in [1.82, 2.24) is 0 Å². The average Bonchev–Trinajstić information content (AvgIpc) is 2.77. The Morgan fingerprint density at radius 2 is 1.85 bits per heavy atom. The van der Waals surface area contributed by atoms with Gasteiger partial charge in [-0.1, -0.05) is 50.2 Å². The molecule has 0 fully saturated rings. The second kappa shape index (κ2) is 8.32. The number of nitrogens with one attached hydrogen (secondary N) is 1. The van der Waals surface area contributed by atoms with E-state index in [1.54, 1.807) is 6.07 Å². The lowest BCUT2D eigenvalue weighted by Crippen LogP contribution is -2.33. The Bertz CT molecular complexity index is 1350. The van der Waals surface area contributed by atoms with Crippen LogP contribution in [-0.4, -0.2) is 18.4 Å². The minimum absolute atomic E-state index is 0.0997. The fourth-order valence-electron chi connectivity index (χ4n) is 5.35. The number of ketones is 1. The fraction of sp³-hybridized carbons (Fsp3) is 0.310. The van der Waals surface area contributed by atoms with Gasteiger partial charge in [0.15, 0.2) is 17.3 Å². The number of Topliss-reactive ketones (excluding diaryl/α,β-unsaturated/α-hetero) is 1. The zero-order valence-electron chi connectivity index (χ0n) is 20.0. The quantitative estimate of drug-likeness (QED) is 0.366. The summed E-state index contributed by atoms with van der Waals surface area (Å²) in [6, 6.07) is 18.1. The molecule has 1 aliphatic heterocycles. The van der Waals surface area contributed by atoms with Gasteiger partial charge in [-0.15, -0.1) is 0 Å². The number of benzene rings is 3. The molecule has 1 heterocycles. The molecule has 0 aromatic heterocycles. The molecule has 5 rings (SSSR count). The molecular formula is C29H29NO4. The third kappa shape index (κ3) is 3.85. The smallest absolute Gasteiger partial charge is 0.308 e. The largest absolute Gasteiger partial charge is 0.490 e. The predicted molar refractivity (Wildman–Crippen MR) is 133 cm³/mol. The molecule has 0 radical (unpaired) electrons. The van der Waals surface area contributed by atoms with Gasteiger partial charge >= 0.3 is 5.97 Å². The molecule has 3 aromatic carbocycles. The molecule has 1 unspecified atom stereocenters. The Labute approximate surface area is 199 Å². The summed E-state index contributed by atoms with van der Waals surface area (Å²) in [4.78, 5) is 25.2. The molecular weight excluding hydrogens is 426 g/mol. The molecule has 0 saturated heterocycles. The molecule has 1 N–H and O–H groups in total. The van der Waals surface area contributed by atoms with Crippen LogP contribution in [0.2, 0.25) is 0 Å². The molecule has 34 heavy (non-hydrogen) atoms. The third-order valence-corrected chi connectivity index (χ3v) is 6.61. The summed E-state index contributed by atoms with van der Waals surface area (Å²) in [6.45, 7) is 7.98. The number of hydrogen-bond acceptors (Lipinski definition) is 5. The number of rotatable bonds is 4. The third-order valence-electron chi connectivity index (χ3n) is 6.61. The number of esters is 1. The van der Waals surface area contributed by atoms with E-state index in [0.29, 0.717) is 24.5 Å². The highest BCUT2D eigenvalue weighted by Gasteiger charge is 2.41. The monoisotopic (exact) mass is 455 g/mol. The van der Waals surface area contributed by atoms with E-state index in [4.69, 9.17) is 9.47 Å². The van der Waals surface area contributed by atoms with E-state index in [9.17, 15) is 9.59 Å². The summed E-state index contributed by atoms with van der Waals surface area (Å²) in [5.74, 6) is 0.411. The summed E-state index contributed by atoms with van der Waals surface area (Å²) in [5, 5.41) is 5.85. The van der Waals surface area contributed by atoms with E-state index in [1.807, 2.05) is 31.2 Å². The zero-order chi connectivity index (χ0) is 24.0. The minimum Gasteiger partial charge on any atom is -0.490 e. The topological polar surface area (TPSA) is 64.6 Å².